The zero-order valence-corrected chi connectivity index (χ0v) is 13.3. The SMILES string of the molecule is CC1(C)CC(c2ccc(N)cc2)CC(C)(C)C1N.Cl. The van der Waals surface area contributed by atoms with Crippen LogP contribution in [-0.2, 0) is 0 Å². The summed E-state index contributed by atoms with van der Waals surface area (Å²) in [5.41, 5.74) is 14.8. The number of hydrogen-bond donors (Lipinski definition) is 2. The van der Waals surface area contributed by atoms with Crippen molar-refractivity contribution in [3.05, 3.63) is 29.8 Å². The molecule has 0 heterocycles. The average molecular weight is 283 g/mol. The first-order valence-electron chi connectivity index (χ1n) is 6.83. The highest BCUT2D eigenvalue weighted by Crippen LogP contribution is 2.50. The second-order valence-corrected chi connectivity index (χ2v) is 7.23. The van der Waals surface area contributed by atoms with E-state index in [4.69, 9.17) is 11.5 Å². The molecule has 0 amide bonds. The zero-order valence-electron chi connectivity index (χ0n) is 12.4. The van der Waals surface area contributed by atoms with E-state index in [0.717, 1.165) is 18.5 Å². The zero-order chi connectivity index (χ0) is 13.6. The van der Waals surface area contributed by atoms with Crippen LogP contribution in [0.25, 0.3) is 0 Å². The lowest BCUT2D eigenvalue weighted by Gasteiger charge is -2.50. The average Bonchev–Trinajstić information content (AvgIpc) is 2.26. The minimum Gasteiger partial charge on any atom is -0.399 e. The summed E-state index contributed by atoms with van der Waals surface area (Å²) in [6, 6.07) is 8.61. The lowest BCUT2D eigenvalue weighted by molar-refractivity contribution is 0.0610. The molecule has 0 saturated heterocycles. The summed E-state index contributed by atoms with van der Waals surface area (Å²) < 4.78 is 0. The summed E-state index contributed by atoms with van der Waals surface area (Å²) in [5, 5.41) is 0. The van der Waals surface area contributed by atoms with Gasteiger partial charge >= 0.3 is 0 Å². The second kappa shape index (κ2) is 5.34. The number of nitrogens with two attached hydrogens (primary N) is 2. The third kappa shape index (κ3) is 3.24. The number of nitrogen functional groups attached to an aromatic ring is 1. The Labute approximate surface area is 123 Å². The van der Waals surface area contributed by atoms with Crippen molar-refractivity contribution in [2.75, 3.05) is 5.73 Å². The highest BCUT2D eigenvalue weighted by Gasteiger charge is 2.45. The number of benzene rings is 1. The van der Waals surface area contributed by atoms with E-state index in [1.54, 1.807) is 0 Å². The molecule has 0 aromatic heterocycles. The van der Waals surface area contributed by atoms with E-state index in [1.807, 2.05) is 12.1 Å². The Kier molecular flexibility index (Phi) is 4.58. The van der Waals surface area contributed by atoms with E-state index in [0.29, 0.717) is 5.92 Å². The van der Waals surface area contributed by atoms with Gasteiger partial charge in [0.1, 0.15) is 0 Å². The summed E-state index contributed by atoms with van der Waals surface area (Å²) in [4.78, 5) is 0. The summed E-state index contributed by atoms with van der Waals surface area (Å²) in [6.45, 7) is 9.18. The third-order valence-corrected chi connectivity index (χ3v) is 4.64. The van der Waals surface area contributed by atoms with Crippen LogP contribution in [-0.4, -0.2) is 6.04 Å². The quantitative estimate of drug-likeness (QED) is 0.767. The Balaban J connectivity index is 0.00000180. The van der Waals surface area contributed by atoms with Crippen LogP contribution >= 0.6 is 12.4 Å². The lowest BCUT2D eigenvalue weighted by atomic mass is 9.57. The monoisotopic (exact) mass is 282 g/mol. The molecule has 1 aromatic carbocycles. The van der Waals surface area contributed by atoms with Gasteiger partial charge in [-0.1, -0.05) is 39.8 Å². The van der Waals surface area contributed by atoms with Gasteiger partial charge in [-0.3, -0.25) is 0 Å². The van der Waals surface area contributed by atoms with Gasteiger partial charge < -0.3 is 11.5 Å². The minimum atomic E-state index is 0. The fourth-order valence-corrected chi connectivity index (χ4v) is 3.66. The van der Waals surface area contributed by atoms with Gasteiger partial charge in [-0.05, 0) is 47.3 Å². The van der Waals surface area contributed by atoms with Crippen LogP contribution in [0.4, 0.5) is 5.69 Å². The van der Waals surface area contributed by atoms with Crippen LogP contribution in [0.3, 0.4) is 0 Å². The lowest BCUT2D eigenvalue weighted by Crippen LogP contribution is -2.53. The molecular formula is C16H27ClN2. The molecule has 1 aliphatic carbocycles. The van der Waals surface area contributed by atoms with Crippen LogP contribution in [0.1, 0.15) is 52.0 Å². The molecule has 0 atom stereocenters. The molecule has 108 valence electrons. The first-order chi connectivity index (χ1) is 8.22. The second-order valence-electron chi connectivity index (χ2n) is 7.23. The molecule has 0 radical (unpaired) electrons. The summed E-state index contributed by atoms with van der Waals surface area (Å²) >= 11 is 0. The molecule has 2 rings (SSSR count). The molecule has 1 fully saturated rings. The first kappa shape index (κ1) is 16.3. The maximum absolute atomic E-state index is 6.43. The van der Waals surface area contributed by atoms with Gasteiger partial charge in [0.2, 0.25) is 0 Å². The fourth-order valence-electron chi connectivity index (χ4n) is 3.66. The Morgan fingerprint density at radius 2 is 1.37 bits per heavy atom. The Morgan fingerprint density at radius 1 is 0.947 bits per heavy atom. The van der Waals surface area contributed by atoms with Crippen LogP contribution in [0, 0.1) is 10.8 Å². The van der Waals surface area contributed by atoms with E-state index in [2.05, 4.69) is 39.8 Å². The van der Waals surface area contributed by atoms with Gasteiger partial charge in [-0.2, -0.15) is 0 Å². The van der Waals surface area contributed by atoms with Crippen molar-refractivity contribution in [1.29, 1.82) is 0 Å². The predicted molar refractivity (Wildman–Crippen MR) is 85.6 cm³/mol. The maximum atomic E-state index is 6.43. The summed E-state index contributed by atoms with van der Waals surface area (Å²) in [5.74, 6) is 0.593. The summed E-state index contributed by atoms with van der Waals surface area (Å²) in [6.07, 6.45) is 2.31. The van der Waals surface area contributed by atoms with E-state index in [-0.39, 0.29) is 29.3 Å². The van der Waals surface area contributed by atoms with Crippen molar-refractivity contribution in [2.45, 2.75) is 52.5 Å². The molecule has 1 aliphatic rings. The van der Waals surface area contributed by atoms with Gasteiger partial charge in [0, 0.05) is 11.7 Å². The van der Waals surface area contributed by atoms with Crippen molar-refractivity contribution >= 4 is 18.1 Å². The van der Waals surface area contributed by atoms with Crippen LogP contribution in [0.5, 0.6) is 0 Å². The third-order valence-electron chi connectivity index (χ3n) is 4.64. The molecule has 0 bridgehead atoms. The number of rotatable bonds is 1. The highest BCUT2D eigenvalue weighted by molar-refractivity contribution is 5.85. The molecule has 4 N–H and O–H groups in total. The predicted octanol–water partition coefficient (Wildman–Crippen LogP) is 3.95. The first-order valence-corrected chi connectivity index (χ1v) is 6.83. The Morgan fingerprint density at radius 3 is 1.79 bits per heavy atom. The van der Waals surface area contributed by atoms with E-state index in [1.165, 1.54) is 5.56 Å². The van der Waals surface area contributed by atoms with Crippen molar-refractivity contribution in [1.82, 2.24) is 0 Å². The highest BCUT2D eigenvalue weighted by atomic mass is 35.5. The summed E-state index contributed by atoms with van der Waals surface area (Å²) in [7, 11) is 0. The molecule has 3 heteroatoms. The van der Waals surface area contributed by atoms with Gasteiger partial charge in [0.15, 0.2) is 0 Å². The number of halogens is 1. The van der Waals surface area contributed by atoms with Crippen LogP contribution < -0.4 is 11.5 Å². The van der Waals surface area contributed by atoms with Crippen LogP contribution in [0.15, 0.2) is 24.3 Å². The smallest absolute Gasteiger partial charge is 0.0314 e. The topological polar surface area (TPSA) is 52.0 Å². The molecule has 0 spiro atoms. The molecule has 1 saturated carbocycles. The molecule has 19 heavy (non-hydrogen) atoms. The van der Waals surface area contributed by atoms with Gasteiger partial charge in [-0.15, -0.1) is 12.4 Å². The van der Waals surface area contributed by atoms with E-state index < -0.39 is 0 Å². The normalized spacial score (nSPS) is 28.5. The Hall–Kier alpha value is -0.730. The number of anilines is 1. The molecular weight excluding hydrogens is 256 g/mol. The van der Waals surface area contributed by atoms with E-state index >= 15 is 0 Å². The standard InChI is InChI=1S/C16H26N2.ClH/c1-15(2)9-12(10-16(3,4)14(15)18)11-5-7-13(17)8-6-11;/h5-8,12,14H,9-10,17-18H2,1-4H3;1H. The minimum absolute atomic E-state index is 0. The molecule has 0 unspecified atom stereocenters. The van der Waals surface area contributed by atoms with Crippen molar-refractivity contribution in [3.63, 3.8) is 0 Å². The fraction of sp³-hybridized carbons (Fsp3) is 0.625. The molecule has 1 aromatic rings. The van der Waals surface area contributed by atoms with Gasteiger partial charge in [0.25, 0.3) is 0 Å². The van der Waals surface area contributed by atoms with E-state index in [9.17, 15) is 0 Å². The van der Waals surface area contributed by atoms with Crippen molar-refractivity contribution in [2.24, 2.45) is 16.6 Å². The van der Waals surface area contributed by atoms with Crippen LogP contribution in [0.2, 0.25) is 0 Å². The largest absolute Gasteiger partial charge is 0.399 e. The molecule has 0 aliphatic heterocycles. The van der Waals surface area contributed by atoms with Gasteiger partial charge in [0.05, 0.1) is 0 Å². The Bertz CT molecular complexity index is 405. The van der Waals surface area contributed by atoms with Gasteiger partial charge in [-0.25, -0.2) is 0 Å². The maximum Gasteiger partial charge on any atom is 0.0314 e. The van der Waals surface area contributed by atoms with Crippen molar-refractivity contribution in [3.8, 4) is 0 Å². The molecule has 2 nitrogen and oxygen atoms in total. The number of hydrogen-bond acceptors (Lipinski definition) is 2. The van der Waals surface area contributed by atoms with Crippen molar-refractivity contribution < 1.29 is 0 Å².